The van der Waals surface area contributed by atoms with Crippen molar-refractivity contribution in [1.82, 2.24) is 15.0 Å². The van der Waals surface area contributed by atoms with Gasteiger partial charge in [0.15, 0.2) is 0 Å². The smallest absolute Gasteiger partial charge is 0.324 e. The molecule has 7 nitrogen and oxygen atoms in total. The molecular weight excluding hydrogens is 382 g/mol. The van der Waals surface area contributed by atoms with Gasteiger partial charge in [-0.1, -0.05) is 41.5 Å². The summed E-state index contributed by atoms with van der Waals surface area (Å²) in [7, 11) is 0. The van der Waals surface area contributed by atoms with Gasteiger partial charge in [-0.05, 0) is 36.4 Å². The maximum atomic E-state index is 13.0. The van der Waals surface area contributed by atoms with E-state index in [0.717, 1.165) is 0 Å². The molecule has 1 aliphatic heterocycles. The Morgan fingerprint density at radius 1 is 0.800 bits per heavy atom. The van der Waals surface area contributed by atoms with Crippen LogP contribution in [0.25, 0.3) is 22.3 Å². The van der Waals surface area contributed by atoms with Crippen molar-refractivity contribution in [3.05, 3.63) is 95.7 Å². The molecule has 0 unspecified atom stereocenters. The molecule has 0 atom stereocenters. The summed E-state index contributed by atoms with van der Waals surface area (Å²) in [5, 5.41) is 1.04. The van der Waals surface area contributed by atoms with Crippen molar-refractivity contribution in [2.45, 2.75) is 0 Å². The Bertz CT molecular complexity index is 1300. The lowest BCUT2D eigenvalue weighted by Crippen LogP contribution is -2.32. The largest absolute Gasteiger partial charge is 0.364 e. The highest BCUT2D eigenvalue weighted by Gasteiger charge is 2.39. The molecule has 3 heterocycles. The van der Waals surface area contributed by atoms with Crippen LogP contribution in [-0.2, 0) is 4.84 Å². The average molecular weight is 395 g/mol. The van der Waals surface area contributed by atoms with Crippen molar-refractivity contribution in [2.75, 3.05) is 0 Å². The lowest BCUT2D eigenvalue weighted by Gasteiger charge is -2.14. The van der Waals surface area contributed by atoms with Gasteiger partial charge < -0.3 is 4.84 Å². The second-order valence-electron chi connectivity index (χ2n) is 6.62. The maximum absolute atomic E-state index is 13.0. The summed E-state index contributed by atoms with van der Waals surface area (Å²) >= 11 is 0. The van der Waals surface area contributed by atoms with Crippen molar-refractivity contribution < 1.29 is 19.2 Å². The molecule has 0 spiro atoms. The van der Waals surface area contributed by atoms with E-state index in [-0.39, 0.29) is 16.7 Å². The predicted octanol–water partition coefficient (Wildman–Crippen LogP) is 3.66. The van der Waals surface area contributed by atoms with Crippen LogP contribution in [0.3, 0.4) is 0 Å². The quantitative estimate of drug-likeness (QED) is 0.492. The zero-order chi connectivity index (χ0) is 20.7. The molecule has 2 aromatic carbocycles. The first-order chi connectivity index (χ1) is 14.6. The molecular formula is C23H13N3O4. The van der Waals surface area contributed by atoms with E-state index in [1.54, 1.807) is 60.8 Å². The van der Waals surface area contributed by atoms with E-state index in [1.807, 2.05) is 6.07 Å². The summed E-state index contributed by atoms with van der Waals surface area (Å²) in [6, 6.07) is 20.3. The third-order valence-electron chi connectivity index (χ3n) is 4.79. The molecule has 1 aliphatic rings. The van der Waals surface area contributed by atoms with Crippen molar-refractivity contribution in [3.63, 3.8) is 0 Å². The zero-order valence-corrected chi connectivity index (χ0v) is 15.5. The lowest BCUT2D eigenvalue weighted by molar-refractivity contribution is -0.0583. The van der Waals surface area contributed by atoms with Gasteiger partial charge in [0, 0.05) is 11.6 Å². The predicted molar refractivity (Wildman–Crippen MR) is 107 cm³/mol. The number of aromatic nitrogens is 2. The van der Waals surface area contributed by atoms with Crippen molar-refractivity contribution in [3.8, 4) is 11.4 Å². The van der Waals surface area contributed by atoms with E-state index in [4.69, 9.17) is 4.84 Å². The van der Waals surface area contributed by atoms with Crippen LogP contribution >= 0.6 is 0 Å². The highest BCUT2D eigenvalue weighted by molar-refractivity contribution is 6.21. The molecule has 0 saturated carbocycles. The first-order valence-electron chi connectivity index (χ1n) is 9.15. The summed E-state index contributed by atoms with van der Waals surface area (Å²) in [4.78, 5) is 52.2. The first kappa shape index (κ1) is 17.7. The molecule has 7 heteroatoms. The van der Waals surface area contributed by atoms with E-state index in [2.05, 4.69) is 9.97 Å². The molecule has 0 radical (unpaired) electrons. The van der Waals surface area contributed by atoms with E-state index in [9.17, 15) is 14.4 Å². The van der Waals surface area contributed by atoms with Gasteiger partial charge >= 0.3 is 5.97 Å². The third-order valence-corrected chi connectivity index (χ3v) is 4.79. The number of para-hydroxylation sites is 1. The Hall–Kier alpha value is -4.39. The van der Waals surface area contributed by atoms with E-state index < -0.39 is 17.8 Å². The number of benzene rings is 2. The highest BCUT2D eigenvalue weighted by atomic mass is 16.7. The SMILES string of the molecule is O=C(ON1C(=O)c2ccccc2C1=O)c1cc(-c2ccccn2)nc2ccccc12. The number of carbonyl (C=O) groups excluding carboxylic acids is 3. The molecule has 2 aromatic heterocycles. The van der Waals surface area contributed by atoms with Crippen LogP contribution in [0.5, 0.6) is 0 Å². The Kier molecular flexibility index (Phi) is 4.07. The normalized spacial score (nSPS) is 12.9. The number of rotatable bonds is 3. The number of fused-ring (bicyclic) bond motifs is 2. The third kappa shape index (κ3) is 2.80. The first-order valence-corrected chi connectivity index (χ1v) is 9.15. The lowest BCUT2D eigenvalue weighted by atomic mass is 10.1. The highest BCUT2D eigenvalue weighted by Crippen LogP contribution is 2.27. The van der Waals surface area contributed by atoms with Crippen molar-refractivity contribution >= 4 is 28.7 Å². The van der Waals surface area contributed by atoms with Crippen LogP contribution in [0.4, 0.5) is 0 Å². The number of pyridine rings is 2. The number of carbonyl (C=O) groups is 3. The Labute approximate surface area is 170 Å². The summed E-state index contributed by atoms with van der Waals surface area (Å²) in [6.45, 7) is 0. The van der Waals surface area contributed by atoms with Gasteiger partial charge in [-0.15, -0.1) is 0 Å². The molecule has 0 aliphatic carbocycles. The second kappa shape index (κ2) is 6.89. The van der Waals surface area contributed by atoms with Crippen LogP contribution in [0.15, 0.2) is 79.0 Å². The van der Waals surface area contributed by atoms with Crippen LogP contribution in [0, 0.1) is 0 Å². The Morgan fingerprint density at radius 2 is 1.47 bits per heavy atom. The molecule has 5 rings (SSSR count). The molecule has 0 bridgehead atoms. The van der Waals surface area contributed by atoms with E-state index >= 15 is 0 Å². The average Bonchev–Trinajstić information content (AvgIpc) is 3.04. The molecule has 30 heavy (non-hydrogen) atoms. The number of nitrogens with zero attached hydrogens (tertiary/aromatic N) is 3. The molecule has 4 aromatic rings. The molecule has 144 valence electrons. The van der Waals surface area contributed by atoms with E-state index in [0.29, 0.717) is 27.4 Å². The molecule has 0 N–H and O–H groups in total. The fraction of sp³-hybridized carbons (Fsp3) is 0. The zero-order valence-electron chi connectivity index (χ0n) is 15.5. The Morgan fingerprint density at radius 3 is 2.17 bits per heavy atom. The van der Waals surface area contributed by atoms with Gasteiger partial charge in [-0.3, -0.25) is 14.6 Å². The minimum Gasteiger partial charge on any atom is -0.324 e. The molecule has 0 fully saturated rings. The van der Waals surface area contributed by atoms with Gasteiger partial charge in [-0.25, -0.2) is 9.78 Å². The fourth-order valence-corrected chi connectivity index (χ4v) is 3.37. The van der Waals surface area contributed by atoms with Crippen LogP contribution < -0.4 is 0 Å². The van der Waals surface area contributed by atoms with E-state index in [1.165, 1.54) is 12.1 Å². The summed E-state index contributed by atoms with van der Waals surface area (Å²) in [5.41, 5.74) is 2.20. The summed E-state index contributed by atoms with van der Waals surface area (Å²) in [6.07, 6.45) is 1.63. The minimum atomic E-state index is -0.833. The van der Waals surface area contributed by atoms with Gasteiger partial charge in [0.05, 0.1) is 33.6 Å². The minimum absolute atomic E-state index is 0.179. The van der Waals surface area contributed by atoms with Crippen LogP contribution in [0.2, 0.25) is 0 Å². The van der Waals surface area contributed by atoms with Crippen LogP contribution in [-0.4, -0.2) is 32.8 Å². The maximum Gasteiger partial charge on any atom is 0.364 e. The fourth-order valence-electron chi connectivity index (χ4n) is 3.37. The summed E-state index contributed by atoms with van der Waals surface area (Å²) < 4.78 is 0. The Balaban J connectivity index is 1.56. The summed E-state index contributed by atoms with van der Waals surface area (Å²) in [5.74, 6) is -2.18. The van der Waals surface area contributed by atoms with Crippen molar-refractivity contribution in [1.29, 1.82) is 0 Å². The molecule has 0 saturated heterocycles. The van der Waals surface area contributed by atoms with Crippen molar-refractivity contribution in [2.24, 2.45) is 0 Å². The standard InChI is InChI=1S/C23H13N3O4/c27-21-15-8-1-2-9-16(15)22(28)26(21)30-23(29)17-13-20(19-11-5-6-12-24-19)25-18-10-4-3-7-14(17)18/h1-13H. The van der Waals surface area contributed by atoms with Gasteiger partial charge in [0.2, 0.25) is 0 Å². The second-order valence-corrected chi connectivity index (χ2v) is 6.62. The van der Waals surface area contributed by atoms with Gasteiger partial charge in [0.1, 0.15) is 0 Å². The van der Waals surface area contributed by atoms with Gasteiger partial charge in [-0.2, -0.15) is 0 Å². The van der Waals surface area contributed by atoms with Crippen LogP contribution in [0.1, 0.15) is 31.1 Å². The molecule has 2 amide bonds. The number of hydrogen-bond donors (Lipinski definition) is 0. The number of imide groups is 1. The van der Waals surface area contributed by atoms with Gasteiger partial charge in [0.25, 0.3) is 11.8 Å². The number of hydroxylamine groups is 2. The monoisotopic (exact) mass is 395 g/mol. The number of amides is 2. The number of hydrogen-bond acceptors (Lipinski definition) is 6. The topological polar surface area (TPSA) is 89.5 Å².